The molecule has 0 fully saturated rings. The summed E-state index contributed by atoms with van der Waals surface area (Å²) in [5.41, 5.74) is 4.62. The highest BCUT2D eigenvalue weighted by atomic mass is 31.1. The maximum absolute atomic E-state index is 12.9. The van der Waals surface area contributed by atoms with Crippen molar-refractivity contribution in [3.05, 3.63) is 58.7 Å². The minimum atomic E-state index is 0.0974. The summed E-state index contributed by atoms with van der Waals surface area (Å²) < 4.78 is 6.13. The number of benzene rings is 2. The summed E-state index contributed by atoms with van der Waals surface area (Å²) >= 11 is 0. The Hall–Kier alpha value is -1.66. The minimum Gasteiger partial charge on any atom is -0.493 e. The topological polar surface area (TPSA) is 26.3 Å². The van der Waals surface area contributed by atoms with Crippen molar-refractivity contribution >= 4 is 19.4 Å². The largest absolute Gasteiger partial charge is 0.493 e. The van der Waals surface area contributed by atoms with Gasteiger partial charge in [-0.05, 0) is 74.3 Å². The van der Waals surface area contributed by atoms with Gasteiger partial charge in [0.15, 0.2) is 5.52 Å². The van der Waals surface area contributed by atoms with Crippen molar-refractivity contribution in [3.63, 3.8) is 0 Å². The van der Waals surface area contributed by atoms with Gasteiger partial charge in [-0.3, -0.25) is 4.79 Å². The van der Waals surface area contributed by atoms with Crippen molar-refractivity contribution in [2.24, 2.45) is 5.92 Å². The molecule has 2 aromatic carbocycles. The molecule has 0 saturated heterocycles. The zero-order valence-corrected chi connectivity index (χ0v) is 20.9. The molecule has 0 amide bonds. The molecule has 30 heavy (non-hydrogen) atoms. The predicted molar refractivity (Wildman–Crippen MR) is 132 cm³/mol. The van der Waals surface area contributed by atoms with E-state index in [1.807, 2.05) is 12.1 Å². The second-order valence-electron chi connectivity index (χ2n) is 9.44. The van der Waals surface area contributed by atoms with E-state index in [4.69, 9.17) is 4.74 Å². The number of rotatable bonds is 10. The van der Waals surface area contributed by atoms with Crippen LogP contribution in [-0.2, 0) is 5.41 Å². The Morgan fingerprint density at radius 1 is 1.03 bits per heavy atom. The first-order chi connectivity index (χ1) is 14.2. The highest BCUT2D eigenvalue weighted by molar-refractivity contribution is 7.66. The number of hydrogen-bond acceptors (Lipinski definition) is 2. The van der Waals surface area contributed by atoms with Crippen molar-refractivity contribution < 1.29 is 9.53 Å². The van der Waals surface area contributed by atoms with Crippen molar-refractivity contribution in [2.75, 3.05) is 6.61 Å². The zero-order chi connectivity index (χ0) is 22.3. The van der Waals surface area contributed by atoms with E-state index in [2.05, 4.69) is 72.7 Å². The van der Waals surface area contributed by atoms with Crippen LogP contribution >= 0.6 is 8.58 Å². The highest BCUT2D eigenvalue weighted by Gasteiger charge is 2.16. The molecule has 3 heteroatoms. The van der Waals surface area contributed by atoms with Crippen LogP contribution in [0.5, 0.6) is 5.75 Å². The molecule has 0 heterocycles. The number of unbranched alkanes of at least 4 members (excludes halogenated alkanes) is 1. The fourth-order valence-electron chi connectivity index (χ4n) is 3.62. The molecule has 2 rings (SSSR count). The normalized spacial score (nSPS) is 13.0. The number of carbonyl (C=O) groups is 1. The predicted octanol–water partition coefficient (Wildman–Crippen LogP) is 7.34. The lowest BCUT2D eigenvalue weighted by Gasteiger charge is -2.19. The summed E-state index contributed by atoms with van der Waals surface area (Å²) in [6.45, 7) is 16.0. The SMILES string of the molecule is CCCCC(CC)COc1cc(C)c(PC(=O)c2ccc(C(C)(C)C)cc2)c(C)c1. The summed E-state index contributed by atoms with van der Waals surface area (Å²) in [5.74, 6) is 1.54. The van der Waals surface area contributed by atoms with Gasteiger partial charge in [0, 0.05) is 5.56 Å². The average Bonchev–Trinajstić information content (AvgIpc) is 2.70. The number of hydrogen-bond donors (Lipinski definition) is 0. The zero-order valence-electron chi connectivity index (χ0n) is 19.9. The summed E-state index contributed by atoms with van der Waals surface area (Å²) in [5, 5.41) is 1.14. The van der Waals surface area contributed by atoms with Crippen LogP contribution in [0.2, 0.25) is 0 Å². The number of aryl methyl sites for hydroxylation is 2. The fourth-order valence-corrected chi connectivity index (χ4v) is 4.70. The van der Waals surface area contributed by atoms with E-state index in [1.165, 1.54) is 24.8 Å². The van der Waals surface area contributed by atoms with Gasteiger partial charge in [-0.15, -0.1) is 0 Å². The second-order valence-corrected chi connectivity index (χ2v) is 10.6. The van der Waals surface area contributed by atoms with Crippen LogP contribution in [0.25, 0.3) is 0 Å². The van der Waals surface area contributed by atoms with Crippen LogP contribution in [0.4, 0.5) is 0 Å². The summed E-state index contributed by atoms with van der Waals surface area (Å²) in [7, 11) is 0.136. The lowest BCUT2D eigenvalue weighted by atomic mass is 9.87. The molecule has 0 aliphatic heterocycles. The van der Waals surface area contributed by atoms with Gasteiger partial charge in [0.05, 0.1) is 6.61 Å². The molecule has 0 spiro atoms. The lowest BCUT2D eigenvalue weighted by Crippen LogP contribution is -2.14. The molecule has 0 saturated carbocycles. The Bertz CT molecular complexity index is 808. The second kappa shape index (κ2) is 11.1. The smallest absolute Gasteiger partial charge is 0.185 e. The first-order valence-corrected chi connectivity index (χ1v) is 12.3. The molecule has 0 radical (unpaired) electrons. The van der Waals surface area contributed by atoms with Crippen molar-refractivity contribution in [2.45, 2.75) is 79.6 Å². The molecule has 2 aromatic rings. The van der Waals surface area contributed by atoms with Crippen molar-refractivity contribution in [3.8, 4) is 5.75 Å². The van der Waals surface area contributed by atoms with Gasteiger partial charge in [0.2, 0.25) is 0 Å². The summed E-state index contributed by atoms with van der Waals surface area (Å²) in [4.78, 5) is 12.9. The van der Waals surface area contributed by atoms with Gasteiger partial charge in [0.1, 0.15) is 5.75 Å². The highest BCUT2D eigenvalue weighted by Crippen LogP contribution is 2.28. The van der Waals surface area contributed by atoms with Crippen LogP contribution in [-0.4, -0.2) is 12.1 Å². The third-order valence-electron chi connectivity index (χ3n) is 5.79. The third-order valence-corrected chi connectivity index (χ3v) is 7.34. The van der Waals surface area contributed by atoms with Crippen molar-refractivity contribution in [1.82, 2.24) is 0 Å². The van der Waals surface area contributed by atoms with Gasteiger partial charge in [0.25, 0.3) is 0 Å². The first-order valence-electron chi connectivity index (χ1n) is 11.3. The fraction of sp³-hybridized carbons (Fsp3) is 0.519. The standard InChI is InChI=1S/C27H39O2P/c1-8-10-11-21(9-2)18-29-24-16-19(3)25(20(4)17-24)30-26(28)22-12-14-23(15-13-22)27(5,6)7/h12-17,21,30H,8-11,18H2,1-7H3. The molecule has 164 valence electrons. The third kappa shape index (κ3) is 6.95. The molecule has 2 unspecified atom stereocenters. The molecule has 0 aliphatic rings. The first kappa shape index (κ1) is 24.6. The number of ether oxygens (including phenoxy) is 1. The van der Waals surface area contributed by atoms with Gasteiger partial charge in [-0.1, -0.05) is 78.1 Å². The molecule has 0 N–H and O–H groups in total. The van der Waals surface area contributed by atoms with Gasteiger partial charge >= 0.3 is 0 Å². The van der Waals surface area contributed by atoms with Crippen LogP contribution < -0.4 is 10.0 Å². The van der Waals surface area contributed by atoms with E-state index in [1.54, 1.807) is 0 Å². The Labute approximate surface area is 185 Å². The lowest BCUT2D eigenvalue weighted by molar-refractivity contribution is 0.108. The molecule has 0 aromatic heterocycles. The maximum atomic E-state index is 12.9. The Morgan fingerprint density at radius 3 is 2.13 bits per heavy atom. The van der Waals surface area contributed by atoms with Crippen molar-refractivity contribution in [1.29, 1.82) is 0 Å². The van der Waals surface area contributed by atoms with Gasteiger partial charge in [-0.2, -0.15) is 0 Å². The minimum absolute atomic E-state index is 0.0974. The Morgan fingerprint density at radius 2 is 1.63 bits per heavy atom. The average molecular weight is 427 g/mol. The maximum Gasteiger partial charge on any atom is 0.185 e. The quantitative estimate of drug-likeness (QED) is 0.372. The molecule has 0 aliphatic carbocycles. The molecule has 0 bridgehead atoms. The van der Waals surface area contributed by atoms with E-state index >= 15 is 0 Å². The van der Waals surface area contributed by atoms with E-state index in [0.29, 0.717) is 5.92 Å². The van der Waals surface area contributed by atoms with E-state index in [-0.39, 0.29) is 19.5 Å². The molecule has 2 nitrogen and oxygen atoms in total. The van der Waals surface area contributed by atoms with Gasteiger partial charge < -0.3 is 4.74 Å². The molecule has 2 atom stereocenters. The van der Waals surface area contributed by atoms with Crippen LogP contribution in [0.3, 0.4) is 0 Å². The van der Waals surface area contributed by atoms with E-state index in [9.17, 15) is 4.79 Å². The van der Waals surface area contributed by atoms with E-state index in [0.717, 1.165) is 40.8 Å². The van der Waals surface area contributed by atoms with Crippen LogP contribution in [0, 0.1) is 19.8 Å². The molecular formula is C27H39O2P. The van der Waals surface area contributed by atoms with Crippen LogP contribution in [0.15, 0.2) is 36.4 Å². The van der Waals surface area contributed by atoms with E-state index < -0.39 is 0 Å². The van der Waals surface area contributed by atoms with Crippen LogP contribution in [0.1, 0.15) is 87.4 Å². The number of carbonyl (C=O) groups excluding carboxylic acids is 1. The Kier molecular flexibility index (Phi) is 9.10. The summed E-state index contributed by atoms with van der Waals surface area (Å²) in [6.07, 6.45) is 4.88. The van der Waals surface area contributed by atoms with Gasteiger partial charge in [-0.25, -0.2) is 0 Å². The summed E-state index contributed by atoms with van der Waals surface area (Å²) in [6, 6.07) is 12.3. The monoisotopic (exact) mass is 426 g/mol. The molecular weight excluding hydrogens is 387 g/mol. The Balaban J connectivity index is 2.07.